The van der Waals surface area contributed by atoms with Gasteiger partial charge in [0.15, 0.2) is 11.5 Å². The topological polar surface area (TPSA) is 71.6 Å². The second kappa shape index (κ2) is 16.4. The molecular weight excluding hydrogens is 769 g/mol. The van der Waals surface area contributed by atoms with E-state index >= 15 is 0 Å². The summed E-state index contributed by atoms with van der Waals surface area (Å²) in [7, 11) is 0. The molecule has 3 atom stereocenters. The van der Waals surface area contributed by atoms with E-state index in [4.69, 9.17) is 9.47 Å². The average Bonchev–Trinajstić information content (AvgIpc) is 3.78. The SMILES string of the molecule is CCC[CH2][Sn]([CH2]CCC)([CH2]CCC)[c]1cccc(NC(=O)NCCc2ccc3c(c2)C2C=CCC2C(c2cc4c(cc2Br)OCO4)N3)c1. The third-order valence-electron chi connectivity index (χ3n) is 10.7. The van der Waals surface area contributed by atoms with E-state index in [2.05, 4.69) is 113 Å². The van der Waals surface area contributed by atoms with Crippen molar-refractivity contribution in [2.45, 2.75) is 97.4 Å². The Kier molecular flexibility index (Phi) is 12.0. The van der Waals surface area contributed by atoms with E-state index in [9.17, 15) is 4.79 Å². The number of hydrogen-bond acceptors (Lipinski definition) is 4. The zero-order valence-electron chi connectivity index (χ0n) is 28.9. The maximum atomic E-state index is 13.1. The number of allylic oxidation sites excluding steroid dienone is 2. The third-order valence-corrected chi connectivity index (χ3v) is 27.0. The molecule has 3 aromatic carbocycles. The van der Waals surface area contributed by atoms with E-state index in [1.807, 2.05) is 6.07 Å². The van der Waals surface area contributed by atoms with Crippen molar-refractivity contribution in [3.8, 4) is 11.5 Å². The fourth-order valence-electron chi connectivity index (χ4n) is 8.05. The summed E-state index contributed by atoms with van der Waals surface area (Å²) in [6.07, 6.45) is 14.3. The van der Waals surface area contributed by atoms with Crippen LogP contribution in [0.15, 0.2) is 71.2 Å². The van der Waals surface area contributed by atoms with Gasteiger partial charge >= 0.3 is 200 Å². The molecule has 3 aromatic rings. The van der Waals surface area contributed by atoms with Crippen LogP contribution < -0.4 is 29.0 Å². The second-order valence-electron chi connectivity index (χ2n) is 13.9. The zero-order valence-corrected chi connectivity index (χ0v) is 33.3. The molecule has 0 radical (unpaired) electrons. The van der Waals surface area contributed by atoms with E-state index in [0.717, 1.165) is 34.5 Å². The molecule has 1 aliphatic carbocycles. The van der Waals surface area contributed by atoms with Crippen LogP contribution >= 0.6 is 15.9 Å². The molecule has 48 heavy (non-hydrogen) atoms. The van der Waals surface area contributed by atoms with E-state index in [1.165, 1.54) is 74.2 Å². The summed E-state index contributed by atoms with van der Waals surface area (Å²) < 4.78 is 18.2. The minimum absolute atomic E-state index is 0.126. The quantitative estimate of drug-likeness (QED) is 0.106. The van der Waals surface area contributed by atoms with Crippen LogP contribution in [0.3, 0.4) is 0 Å². The van der Waals surface area contributed by atoms with Crippen LogP contribution in [0.2, 0.25) is 13.3 Å². The monoisotopic (exact) mass is 821 g/mol. The van der Waals surface area contributed by atoms with Gasteiger partial charge in [-0.2, -0.15) is 0 Å². The molecule has 2 amide bonds. The Morgan fingerprint density at radius 2 is 1.65 bits per heavy atom. The summed E-state index contributed by atoms with van der Waals surface area (Å²) in [4.78, 5) is 13.1. The van der Waals surface area contributed by atoms with Gasteiger partial charge in [-0.3, -0.25) is 0 Å². The molecule has 3 aliphatic rings. The van der Waals surface area contributed by atoms with Crippen molar-refractivity contribution < 1.29 is 14.3 Å². The van der Waals surface area contributed by atoms with Crippen molar-refractivity contribution in [3.05, 3.63) is 87.9 Å². The first-order chi connectivity index (χ1) is 23.4. The summed E-state index contributed by atoms with van der Waals surface area (Å²) >= 11 is 1.24. The fourth-order valence-corrected chi connectivity index (χ4v) is 24.7. The number of rotatable bonds is 15. The summed E-state index contributed by atoms with van der Waals surface area (Å²) in [6, 6.07) is 19.8. The van der Waals surface area contributed by atoms with E-state index in [1.54, 1.807) is 3.58 Å². The first kappa shape index (κ1) is 35.2. The Morgan fingerprint density at radius 1 is 0.917 bits per heavy atom. The van der Waals surface area contributed by atoms with Crippen LogP contribution in [0.5, 0.6) is 11.5 Å². The van der Waals surface area contributed by atoms with Crippen LogP contribution in [-0.4, -0.2) is 37.7 Å². The number of nitrogens with one attached hydrogen (secondary N) is 3. The summed E-state index contributed by atoms with van der Waals surface area (Å²) in [5.74, 6) is 2.36. The normalized spacial score (nSPS) is 19.0. The number of anilines is 2. The molecular formula is C40H52BrN3O3Sn. The Balaban J connectivity index is 1.09. The number of urea groups is 1. The molecule has 6 rings (SSSR count). The van der Waals surface area contributed by atoms with Crippen LogP contribution in [0.4, 0.5) is 16.2 Å². The Hall–Kier alpha value is -2.65. The van der Waals surface area contributed by atoms with Gasteiger partial charge in [-0.15, -0.1) is 0 Å². The van der Waals surface area contributed by atoms with Gasteiger partial charge < -0.3 is 14.8 Å². The molecule has 0 aromatic heterocycles. The number of carbonyl (C=O) groups is 1. The number of unbranched alkanes of at least 4 members (excludes halogenated alkanes) is 3. The van der Waals surface area contributed by atoms with Gasteiger partial charge in [0.1, 0.15) is 0 Å². The van der Waals surface area contributed by atoms with Crippen LogP contribution in [0, 0.1) is 5.92 Å². The van der Waals surface area contributed by atoms with Crippen molar-refractivity contribution >= 4 is 55.3 Å². The molecule has 0 spiro atoms. The number of carbonyl (C=O) groups excluding carboxylic acids is 1. The van der Waals surface area contributed by atoms with Gasteiger partial charge in [-0.05, 0) is 30.0 Å². The van der Waals surface area contributed by atoms with Crippen molar-refractivity contribution in [2.24, 2.45) is 5.92 Å². The number of hydrogen-bond donors (Lipinski definition) is 3. The molecule has 256 valence electrons. The molecule has 0 bridgehead atoms. The standard InChI is InChI=1S/C28H25BrN3O3.3C4H9.Sn/c29-23-15-26-25(34-16-35-26)14-22(23)27-20-8-4-7-19(20)21-13-17(9-10-24(21)32-27)11-12-30-28(33)31-18-5-2-1-3-6-18;3*1-3-4-2;/h1-2,4-7,9-10,13-15,19-20,27,32H,8,11-12,16H2,(H2,30,31,33);3*1,3-4H2,2H3;. The van der Waals surface area contributed by atoms with Crippen LogP contribution in [0.1, 0.15) is 94.4 Å². The van der Waals surface area contributed by atoms with Crippen LogP contribution in [-0.2, 0) is 6.42 Å². The second-order valence-corrected chi connectivity index (χ2v) is 28.0. The summed E-state index contributed by atoms with van der Waals surface area (Å²) in [6.45, 7) is 7.81. The Morgan fingerprint density at radius 3 is 2.38 bits per heavy atom. The summed E-state index contributed by atoms with van der Waals surface area (Å²) in [5.41, 5.74) is 5.87. The zero-order chi connectivity index (χ0) is 33.5. The molecule has 3 N–H and O–H groups in total. The Labute approximate surface area is 299 Å². The molecule has 0 saturated heterocycles. The number of ether oxygens (including phenoxy) is 2. The molecule has 2 aliphatic heterocycles. The number of amides is 2. The third kappa shape index (κ3) is 7.88. The predicted octanol–water partition coefficient (Wildman–Crippen LogP) is 10.4. The van der Waals surface area contributed by atoms with Gasteiger partial charge in [0.05, 0.1) is 6.04 Å². The van der Waals surface area contributed by atoms with E-state index in [0.29, 0.717) is 18.4 Å². The predicted molar refractivity (Wildman–Crippen MR) is 205 cm³/mol. The fraction of sp³-hybridized carbons (Fsp3) is 0.475. The molecule has 8 heteroatoms. The maximum absolute atomic E-state index is 13.1. The van der Waals surface area contributed by atoms with Crippen molar-refractivity contribution in [2.75, 3.05) is 24.0 Å². The molecule has 3 unspecified atom stereocenters. The van der Waals surface area contributed by atoms with Crippen LogP contribution in [0.25, 0.3) is 0 Å². The van der Waals surface area contributed by atoms with E-state index in [-0.39, 0.29) is 18.9 Å². The summed E-state index contributed by atoms with van der Waals surface area (Å²) in [5, 5.41) is 10.2. The number of halogens is 1. The number of benzene rings is 3. The molecule has 2 heterocycles. The molecule has 0 saturated carbocycles. The van der Waals surface area contributed by atoms with Gasteiger partial charge in [0, 0.05) is 4.47 Å². The average molecular weight is 821 g/mol. The van der Waals surface area contributed by atoms with Gasteiger partial charge in [-0.1, -0.05) is 28.1 Å². The molecule has 6 nitrogen and oxygen atoms in total. The van der Waals surface area contributed by atoms with Crippen molar-refractivity contribution in [3.63, 3.8) is 0 Å². The van der Waals surface area contributed by atoms with Gasteiger partial charge in [0.2, 0.25) is 6.79 Å². The van der Waals surface area contributed by atoms with Gasteiger partial charge in [0.25, 0.3) is 0 Å². The van der Waals surface area contributed by atoms with Crippen molar-refractivity contribution in [1.82, 2.24) is 5.32 Å². The van der Waals surface area contributed by atoms with Gasteiger partial charge in [-0.25, -0.2) is 0 Å². The first-order valence-electron chi connectivity index (χ1n) is 18.2. The minimum atomic E-state index is -2.57. The van der Waals surface area contributed by atoms with E-state index < -0.39 is 18.4 Å². The Bertz CT molecular complexity index is 1590. The number of fused-ring (bicyclic) bond motifs is 4. The van der Waals surface area contributed by atoms with Crippen molar-refractivity contribution in [1.29, 1.82) is 0 Å². The first-order valence-corrected chi connectivity index (χ1v) is 26.5. The molecule has 0 fully saturated rings.